The Hall–Kier alpha value is -1.58. The molecule has 3 N–H and O–H groups in total. The Morgan fingerprint density at radius 1 is 0.615 bits per heavy atom. The fourth-order valence-corrected chi connectivity index (χ4v) is 6.19. The van der Waals surface area contributed by atoms with Crippen LogP contribution < -0.4 is 0 Å². The van der Waals surface area contributed by atoms with Crippen molar-refractivity contribution in [1.82, 2.24) is 0 Å². The van der Waals surface area contributed by atoms with Gasteiger partial charge in [0, 0.05) is 13.0 Å². The molecule has 0 bridgehead atoms. The van der Waals surface area contributed by atoms with Gasteiger partial charge in [0.1, 0.15) is 12.2 Å². The summed E-state index contributed by atoms with van der Waals surface area (Å²) in [6.07, 6.45) is 42.1. The molecule has 9 nitrogen and oxygen atoms in total. The number of aliphatic hydroxyl groups excluding tert-OH is 2. The molecular formula is C42H77O9P. The molecule has 0 aromatic heterocycles. The number of carbonyl (C=O) groups is 1. The first kappa shape index (κ1) is 50.4. The van der Waals surface area contributed by atoms with Crippen molar-refractivity contribution in [3.8, 4) is 0 Å². The van der Waals surface area contributed by atoms with Crippen molar-refractivity contribution in [2.75, 3.05) is 33.0 Å². The Labute approximate surface area is 317 Å². The molecule has 0 saturated carbocycles. The van der Waals surface area contributed by atoms with E-state index in [4.69, 9.17) is 23.6 Å². The van der Waals surface area contributed by atoms with Gasteiger partial charge in [-0.2, -0.15) is 0 Å². The summed E-state index contributed by atoms with van der Waals surface area (Å²) in [5, 5.41) is 18.3. The first-order valence-electron chi connectivity index (χ1n) is 20.6. The van der Waals surface area contributed by atoms with Crippen LogP contribution in [0, 0.1) is 0 Å². The van der Waals surface area contributed by atoms with Crippen LogP contribution in [0.3, 0.4) is 0 Å². The Bertz CT molecular complexity index is 950. The minimum absolute atomic E-state index is 0.0334. The minimum Gasteiger partial charge on any atom is -0.457 e. The molecule has 0 rings (SSSR count). The van der Waals surface area contributed by atoms with E-state index in [9.17, 15) is 19.4 Å². The number of hydrogen-bond donors (Lipinski definition) is 3. The van der Waals surface area contributed by atoms with Gasteiger partial charge in [0.15, 0.2) is 0 Å². The Morgan fingerprint density at radius 2 is 1.10 bits per heavy atom. The smallest absolute Gasteiger partial charge is 0.457 e. The van der Waals surface area contributed by atoms with Gasteiger partial charge in [-0.25, -0.2) is 4.57 Å². The van der Waals surface area contributed by atoms with Crippen LogP contribution in [0.15, 0.2) is 48.6 Å². The molecular weight excluding hydrogens is 679 g/mol. The average molecular weight is 757 g/mol. The molecule has 0 aromatic carbocycles. The molecule has 0 saturated heterocycles. The first-order chi connectivity index (χ1) is 25.3. The first-order valence-corrected chi connectivity index (χ1v) is 22.1. The zero-order valence-electron chi connectivity index (χ0n) is 33.0. The molecule has 52 heavy (non-hydrogen) atoms. The second kappa shape index (κ2) is 39.1. The zero-order valence-corrected chi connectivity index (χ0v) is 33.9. The fraction of sp³-hybridized carbons (Fsp3) is 0.786. The third-order valence-corrected chi connectivity index (χ3v) is 9.48. The Morgan fingerprint density at radius 3 is 1.62 bits per heavy atom. The van der Waals surface area contributed by atoms with Gasteiger partial charge in [0.25, 0.3) is 0 Å². The van der Waals surface area contributed by atoms with Gasteiger partial charge in [0.05, 0.1) is 26.4 Å². The van der Waals surface area contributed by atoms with Crippen LogP contribution in [0.2, 0.25) is 0 Å². The van der Waals surface area contributed by atoms with Crippen molar-refractivity contribution < 1.29 is 43.0 Å². The quantitative estimate of drug-likeness (QED) is 0.0243. The van der Waals surface area contributed by atoms with E-state index >= 15 is 0 Å². The lowest BCUT2D eigenvalue weighted by Gasteiger charge is -2.20. The monoisotopic (exact) mass is 757 g/mol. The van der Waals surface area contributed by atoms with Crippen molar-refractivity contribution in [1.29, 1.82) is 0 Å². The molecule has 0 radical (unpaired) electrons. The van der Waals surface area contributed by atoms with E-state index < -0.39 is 45.8 Å². The van der Waals surface area contributed by atoms with Crippen LogP contribution in [0.1, 0.15) is 168 Å². The number of hydrogen-bond acceptors (Lipinski definition) is 8. The number of rotatable bonds is 39. The maximum Gasteiger partial charge on any atom is 0.472 e. The maximum absolute atomic E-state index is 12.6. The number of aliphatic hydroxyl groups is 2. The summed E-state index contributed by atoms with van der Waals surface area (Å²) in [4.78, 5) is 22.5. The van der Waals surface area contributed by atoms with Gasteiger partial charge in [0.2, 0.25) is 0 Å². The highest BCUT2D eigenvalue weighted by Crippen LogP contribution is 2.43. The molecule has 0 heterocycles. The van der Waals surface area contributed by atoms with Gasteiger partial charge in [-0.15, -0.1) is 0 Å². The minimum atomic E-state index is -4.52. The molecule has 0 aliphatic heterocycles. The van der Waals surface area contributed by atoms with Gasteiger partial charge in [-0.3, -0.25) is 13.8 Å². The van der Waals surface area contributed by atoms with Gasteiger partial charge in [-0.1, -0.05) is 159 Å². The number of phosphoric acid groups is 1. The van der Waals surface area contributed by atoms with E-state index in [0.717, 1.165) is 57.8 Å². The summed E-state index contributed by atoms with van der Waals surface area (Å²) >= 11 is 0. The third kappa shape index (κ3) is 38.2. The number of phosphoric ester groups is 1. The van der Waals surface area contributed by atoms with Gasteiger partial charge in [-0.05, 0) is 51.4 Å². The van der Waals surface area contributed by atoms with Crippen molar-refractivity contribution >= 4 is 13.8 Å². The lowest BCUT2D eigenvalue weighted by molar-refractivity contribution is -0.154. The molecule has 0 aliphatic rings. The van der Waals surface area contributed by atoms with Crippen molar-refractivity contribution in [3.63, 3.8) is 0 Å². The van der Waals surface area contributed by atoms with E-state index in [2.05, 4.69) is 62.5 Å². The molecule has 10 heteroatoms. The molecule has 0 aromatic rings. The molecule has 0 spiro atoms. The van der Waals surface area contributed by atoms with E-state index in [0.29, 0.717) is 13.0 Å². The number of carbonyl (C=O) groups excluding carboxylic acids is 1. The normalized spacial score (nSPS) is 14.6. The van der Waals surface area contributed by atoms with Crippen LogP contribution in [-0.4, -0.2) is 66.3 Å². The van der Waals surface area contributed by atoms with Gasteiger partial charge >= 0.3 is 13.8 Å². The molecule has 304 valence electrons. The third-order valence-electron chi connectivity index (χ3n) is 8.53. The largest absolute Gasteiger partial charge is 0.472 e. The number of esters is 1. The Balaban J connectivity index is 4.25. The molecule has 0 amide bonds. The van der Waals surface area contributed by atoms with Crippen LogP contribution >= 0.6 is 7.82 Å². The predicted molar refractivity (Wildman–Crippen MR) is 214 cm³/mol. The SMILES string of the molecule is CC/C=C\C/C=C\C/C=C\C/C=C\CCCCC(=O)OC(COCCCCCCCCCCCCCCCCCC)COP(=O)(O)OCC(O)CO. The van der Waals surface area contributed by atoms with Crippen LogP contribution in [-0.2, 0) is 27.9 Å². The molecule has 3 atom stereocenters. The average Bonchev–Trinajstić information content (AvgIpc) is 3.13. The summed E-state index contributed by atoms with van der Waals surface area (Å²) in [6, 6.07) is 0. The number of unbranched alkanes of at least 4 members (excludes halogenated alkanes) is 17. The van der Waals surface area contributed by atoms with Crippen LogP contribution in [0.5, 0.6) is 0 Å². The highest BCUT2D eigenvalue weighted by atomic mass is 31.2. The standard InChI is InChI=1S/C42H77O9P/c1-3-5-7-9-11-13-15-17-19-21-23-25-27-29-31-33-35-48-38-41(39-50-52(46,47)49-37-40(44)36-43)51-42(45)34-32-30-28-26-24-22-20-18-16-14-12-10-8-6-4-2/h6,8,12,14,18,20,24,26,40-41,43-44H,3-5,7,9-11,13,15-17,19,21-23,25,27-39H2,1-2H3,(H,46,47)/b8-6-,14-12-,20-18-,26-24-. The summed E-state index contributed by atoms with van der Waals surface area (Å²) in [5.74, 6) is -0.422. The van der Waals surface area contributed by atoms with E-state index in [1.807, 2.05) is 0 Å². The van der Waals surface area contributed by atoms with Crippen LogP contribution in [0.4, 0.5) is 0 Å². The fourth-order valence-electron chi connectivity index (χ4n) is 5.40. The Kier molecular flexibility index (Phi) is 37.9. The maximum atomic E-state index is 12.6. The molecule has 0 fully saturated rings. The predicted octanol–water partition coefficient (Wildman–Crippen LogP) is 11.0. The van der Waals surface area contributed by atoms with E-state index in [1.165, 1.54) is 83.5 Å². The lowest BCUT2D eigenvalue weighted by Crippen LogP contribution is -2.29. The topological polar surface area (TPSA) is 132 Å². The second-order valence-electron chi connectivity index (χ2n) is 13.6. The van der Waals surface area contributed by atoms with Crippen molar-refractivity contribution in [2.24, 2.45) is 0 Å². The molecule has 3 unspecified atom stereocenters. The highest BCUT2D eigenvalue weighted by molar-refractivity contribution is 7.47. The van der Waals surface area contributed by atoms with Crippen molar-refractivity contribution in [3.05, 3.63) is 48.6 Å². The summed E-state index contributed by atoms with van der Waals surface area (Å²) < 4.78 is 33.3. The summed E-state index contributed by atoms with van der Waals surface area (Å²) in [5.41, 5.74) is 0. The lowest BCUT2D eigenvalue weighted by atomic mass is 10.0. The van der Waals surface area contributed by atoms with E-state index in [1.54, 1.807) is 0 Å². The second-order valence-corrected chi connectivity index (χ2v) is 15.1. The zero-order chi connectivity index (χ0) is 38.2. The summed E-state index contributed by atoms with van der Waals surface area (Å²) in [7, 11) is -4.52. The number of ether oxygens (including phenoxy) is 2. The van der Waals surface area contributed by atoms with E-state index in [-0.39, 0.29) is 13.0 Å². The number of allylic oxidation sites excluding steroid dienone is 8. The van der Waals surface area contributed by atoms with Crippen molar-refractivity contribution in [2.45, 2.75) is 180 Å². The van der Waals surface area contributed by atoms with Gasteiger partial charge < -0.3 is 24.6 Å². The molecule has 0 aliphatic carbocycles. The summed E-state index contributed by atoms with van der Waals surface area (Å²) in [6.45, 7) is 3.35. The van der Waals surface area contributed by atoms with Crippen LogP contribution in [0.25, 0.3) is 0 Å². The highest BCUT2D eigenvalue weighted by Gasteiger charge is 2.26.